The van der Waals surface area contributed by atoms with E-state index in [0.717, 1.165) is 5.70 Å². The molecule has 27 heavy (non-hydrogen) atoms. The average molecular weight is 367 g/mol. The van der Waals surface area contributed by atoms with Crippen molar-refractivity contribution >= 4 is 17.8 Å². The van der Waals surface area contributed by atoms with Crippen LogP contribution in [0, 0.1) is 5.82 Å². The number of hydrazone groups is 1. The Balaban J connectivity index is 1.57. The third-order valence-corrected chi connectivity index (χ3v) is 4.62. The van der Waals surface area contributed by atoms with Gasteiger partial charge < -0.3 is 9.64 Å². The molecule has 3 rings (SSSR count). The largest absolute Gasteiger partial charge is 0.484 e. The number of benzene rings is 2. The van der Waals surface area contributed by atoms with Crippen molar-refractivity contribution in [2.75, 3.05) is 18.6 Å². The van der Waals surface area contributed by atoms with Gasteiger partial charge in [-0.1, -0.05) is 32.0 Å². The average Bonchev–Trinajstić information content (AvgIpc) is 2.85. The third-order valence-electron chi connectivity index (χ3n) is 4.62. The summed E-state index contributed by atoms with van der Waals surface area (Å²) in [5.74, 6) is -0.326. The maximum Gasteiger partial charge on any atom is 0.277 e. The van der Waals surface area contributed by atoms with E-state index in [-0.39, 0.29) is 17.8 Å². The first-order valence-corrected chi connectivity index (χ1v) is 8.64. The Hall–Kier alpha value is -3.15. The van der Waals surface area contributed by atoms with E-state index < -0.39 is 5.91 Å². The zero-order valence-corrected chi connectivity index (χ0v) is 15.6. The monoisotopic (exact) mass is 367 g/mol. The SMILES string of the molecule is CN1/C(=C\C=N\NC(=O)COc2ccc(F)cc2)C(C)(C)c2ccccc21. The predicted octanol–water partition coefficient (Wildman–Crippen LogP) is 3.62. The fourth-order valence-electron chi connectivity index (χ4n) is 3.23. The quantitative estimate of drug-likeness (QED) is 0.649. The lowest BCUT2D eigenvalue weighted by Crippen LogP contribution is -2.25. The molecule has 0 unspecified atom stereocenters. The highest BCUT2D eigenvalue weighted by Gasteiger charge is 2.37. The van der Waals surface area contributed by atoms with E-state index in [1.54, 1.807) is 6.21 Å². The van der Waals surface area contributed by atoms with E-state index in [4.69, 9.17) is 4.74 Å². The van der Waals surface area contributed by atoms with Crippen LogP contribution in [-0.2, 0) is 10.2 Å². The Morgan fingerprint density at radius 3 is 2.63 bits per heavy atom. The Morgan fingerprint density at radius 1 is 1.22 bits per heavy atom. The van der Waals surface area contributed by atoms with Gasteiger partial charge in [-0.15, -0.1) is 0 Å². The number of carbonyl (C=O) groups excluding carboxylic acids is 1. The van der Waals surface area contributed by atoms with Crippen molar-refractivity contribution in [3.05, 3.63) is 71.7 Å². The fourth-order valence-corrected chi connectivity index (χ4v) is 3.23. The predicted molar refractivity (Wildman–Crippen MR) is 104 cm³/mol. The van der Waals surface area contributed by atoms with Crippen molar-refractivity contribution in [3.63, 3.8) is 0 Å². The molecule has 1 aliphatic rings. The second kappa shape index (κ2) is 7.61. The molecule has 2 aromatic carbocycles. The van der Waals surface area contributed by atoms with Crippen molar-refractivity contribution in [2.24, 2.45) is 5.10 Å². The number of likely N-dealkylation sites (N-methyl/N-ethyl adjacent to an activating group) is 1. The van der Waals surface area contributed by atoms with Crippen molar-refractivity contribution in [1.82, 2.24) is 5.43 Å². The van der Waals surface area contributed by atoms with Gasteiger partial charge in [-0.2, -0.15) is 5.10 Å². The van der Waals surface area contributed by atoms with Gasteiger partial charge in [0.1, 0.15) is 11.6 Å². The molecule has 1 N–H and O–H groups in total. The van der Waals surface area contributed by atoms with E-state index in [1.807, 2.05) is 25.3 Å². The normalized spacial score (nSPS) is 16.6. The van der Waals surface area contributed by atoms with Crippen LogP contribution in [0.3, 0.4) is 0 Å². The van der Waals surface area contributed by atoms with Gasteiger partial charge >= 0.3 is 0 Å². The van der Waals surface area contributed by atoms with Crippen molar-refractivity contribution < 1.29 is 13.9 Å². The fraction of sp³-hybridized carbons (Fsp3) is 0.238. The lowest BCUT2D eigenvalue weighted by Gasteiger charge is -2.23. The minimum atomic E-state index is -0.392. The number of hydrogen-bond donors (Lipinski definition) is 1. The molecule has 1 amide bonds. The summed E-state index contributed by atoms with van der Waals surface area (Å²) in [6.45, 7) is 4.12. The summed E-state index contributed by atoms with van der Waals surface area (Å²) in [4.78, 5) is 13.9. The van der Waals surface area contributed by atoms with Gasteiger partial charge in [-0.3, -0.25) is 4.79 Å². The first-order valence-electron chi connectivity index (χ1n) is 8.64. The van der Waals surface area contributed by atoms with Crippen LogP contribution < -0.4 is 15.1 Å². The van der Waals surface area contributed by atoms with Crippen LogP contribution in [-0.4, -0.2) is 25.8 Å². The summed E-state index contributed by atoms with van der Waals surface area (Å²) in [5.41, 5.74) is 5.78. The van der Waals surface area contributed by atoms with E-state index in [9.17, 15) is 9.18 Å². The molecule has 1 aliphatic heterocycles. The summed E-state index contributed by atoms with van der Waals surface area (Å²) in [5, 5.41) is 3.96. The Bertz CT molecular complexity index is 889. The molecular weight excluding hydrogens is 345 g/mol. The van der Waals surface area contributed by atoms with Crippen molar-refractivity contribution in [2.45, 2.75) is 19.3 Å². The molecule has 0 fully saturated rings. The van der Waals surface area contributed by atoms with Crippen molar-refractivity contribution in [1.29, 1.82) is 0 Å². The minimum Gasteiger partial charge on any atom is -0.484 e. The van der Waals surface area contributed by atoms with Crippen LogP contribution in [0.2, 0.25) is 0 Å². The molecule has 5 nitrogen and oxygen atoms in total. The van der Waals surface area contributed by atoms with E-state index >= 15 is 0 Å². The van der Waals surface area contributed by atoms with E-state index in [0.29, 0.717) is 5.75 Å². The van der Waals surface area contributed by atoms with Crippen LogP contribution in [0.4, 0.5) is 10.1 Å². The van der Waals surface area contributed by atoms with E-state index in [1.165, 1.54) is 35.5 Å². The topological polar surface area (TPSA) is 53.9 Å². The van der Waals surface area contributed by atoms with Crippen LogP contribution in [0.5, 0.6) is 5.75 Å². The number of rotatable bonds is 5. The summed E-state index contributed by atoms with van der Waals surface area (Å²) in [7, 11) is 2.02. The number of amides is 1. The number of fused-ring (bicyclic) bond motifs is 1. The summed E-state index contributed by atoms with van der Waals surface area (Å²) in [6, 6.07) is 13.7. The number of allylic oxidation sites excluding steroid dienone is 2. The molecule has 140 valence electrons. The molecule has 2 aromatic rings. The summed E-state index contributed by atoms with van der Waals surface area (Å²) < 4.78 is 18.1. The van der Waals surface area contributed by atoms with Gasteiger partial charge in [0.25, 0.3) is 5.91 Å². The molecule has 0 radical (unpaired) electrons. The van der Waals surface area contributed by atoms with Crippen LogP contribution in [0.25, 0.3) is 0 Å². The maximum atomic E-state index is 12.8. The van der Waals surface area contributed by atoms with Gasteiger partial charge in [0, 0.05) is 30.1 Å². The number of anilines is 1. The van der Waals surface area contributed by atoms with Gasteiger partial charge in [0.15, 0.2) is 6.61 Å². The maximum absolute atomic E-state index is 12.8. The number of halogens is 1. The molecule has 0 aliphatic carbocycles. The molecular formula is C21H22FN3O2. The highest BCUT2D eigenvalue weighted by Crippen LogP contribution is 2.46. The number of carbonyl (C=O) groups is 1. The molecule has 0 atom stereocenters. The molecule has 0 saturated heterocycles. The Morgan fingerprint density at radius 2 is 1.93 bits per heavy atom. The van der Waals surface area contributed by atoms with Crippen molar-refractivity contribution in [3.8, 4) is 5.75 Å². The second-order valence-electron chi connectivity index (χ2n) is 6.81. The number of hydrogen-bond acceptors (Lipinski definition) is 4. The number of nitrogens with one attached hydrogen (secondary N) is 1. The van der Waals surface area contributed by atoms with Gasteiger partial charge in [0.05, 0.1) is 0 Å². The standard InChI is InChI=1S/C21H22FN3O2/c1-21(2)17-6-4-5-7-18(17)25(3)19(21)12-13-23-24-20(26)14-27-16-10-8-15(22)9-11-16/h4-13H,14H2,1-3H3,(H,24,26)/b19-12-,23-13+. The van der Waals surface area contributed by atoms with Crippen LogP contribution in [0.1, 0.15) is 19.4 Å². The zero-order chi connectivity index (χ0) is 19.4. The second-order valence-corrected chi connectivity index (χ2v) is 6.81. The van der Waals surface area contributed by atoms with E-state index in [2.05, 4.69) is 41.4 Å². The Kier molecular flexibility index (Phi) is 5.26. The number of nitrogens with zero attached hydrogens (tertiary/aromatic N) is 2. The van der Waals surface area contributed by atoms with Gasteiger partial charge in [-0.25, -0.2) is 9.82 Å². The van der Waals surface area contributed by atoms with Gasteiger partial charge in [-0.05, 0) is 42.0 Å². The molecule has 0 aromatic heterocycles. The first kappa shape index (κ1) is 18.6. The number of ether oxygens (including phenoxy) is 1. The Labute approximate surface area is 158 Å². The first-order chi connectivity index (χ1) is 12.9. The smallest absolute Gasteiger partial charge is 0.277 e. The highest BCUT2D eigenvalue weighted by atomic mass is 19.1. The molecule has 6 heteroatoms. The lowest BCUT2D eigenvalue weighted by molar-refractivity contribution is -0.123. The molecule has 1 heterocycles. The zero-order valence-electron chi connectivity index (χ0n) is 15.6. The number of para-hydroxylation sites is 1. The lowest BCUT2D eigenvalue weighted by atomic mass is 9.84. The highest BCUT2D eigenvalue weighted by molar-refractivity contribution is 5.82. The third kappa shape index (κ3) is 4.00. The summed E-state index contributed by atoms with van der Waals surface area (Å²) >= 11 is 0. The molecule has 0 spiro atoms. The van der Waals surface area contributed by atoms with Crippen LogP contribution in [0.15, 0.2) is 65.4 Å². The molecule has 0 bridgehead atoms. The minimum absolute atomic E-state index is 0.146. The summed E-state index contributed by atoms with van der Waals surface area (Å²) in [6.07, 6.45) is 3.45. The van der Waals surface area contributed by atoms with Crippen LogP contribution >= 0.6 is 0 Å². The van der Waals surface area contributed by atoms with Gasteiger partial charge in [0.2, 0.25) is 0 Å². The molecule has 0 saturated carbocycles.